The third-order valence-electron chi connectivity index (χ3n) is 9.64. The Hall–Kier alpha value is -7.74. The number of carbonyl (C=O) groups is 4. The molecule has 0 bridgehead atoms. The Morgan fingerprint density at radius 1 is 0.419 bits per heavy atom. The highest BCUT2D eigenvalue weighted by Crippen LogP contribution is 2.45. The van der Waals surface area contributed by atoms with E-state index in [1.54, 1.807) is 6.07 Å². The fourth-order valence-electron chi connectivity index (χ4n) is 6.71. The maximum Gasteiger partial charge on any atom is 0.340 e. The van der Waals surface area contributed by atoms with Gasteiger partial charge in [-0.3, -0.25) is 35.4 Å². The number of allylic oxidation sites excluding steroid dienone is 3. The molecular weight excluding hydrogens is 863 g/mol. The smallest absolute Gasteiger partial charge is 0.340 e. The van der Waals surface area contributed by atoms with Crippen molar-refractivity contribution in [3.05, 3.63) is 160 Å². The second-order valence-electron chi connectivity index (χ2n) is 13.5. The molecule has 0 aliphatic heterocycles. The first-order chi connectivity index (χ1) is 29.4. The normalized spacial score (nSPS) is 14.6. The van der Waals surface area contributed by atoms with Crippen LogP contribution in [0.25, 0.3) is 18.2 Å². The summed E-state index contributed by atoms with van der Waals surface area (Å²) >= 11 is 0. The van der Waals surface area contributed by atoms with E-state index in [0.29, 0.717) is 0 Å². The molecule has 8 rings (SSSR count). The second kappa shape index (κ2) is 15.1. The van der Waals surface area contributed by atoms with Crippen LogP contribution in [0.15, 0.2) is 130 Å². The van der Waals surface area contributed by atoms with Crippen molar-refractivity contribution in [2.75, 3.05) is 0 Å². The second-order valence-corrected chi connectivity index (χ2v) is 18.0. The molecule has 19 heteroatoms. The summed E-state index contributed by atoms with van der Waals surface area (Å²) in [6.07, 6.45) is 6.63. The molecule has 0 amide bonds. The minimum Gasteiger partial charge on any atom is -0.375 e. The third-order valence-corrected chi connectivity index (χ3v) is 13.5. The number of Topliss-reactive ketones (excluding diaryl/α,β-unsaturated/α-hetero) is 3. The molecule has 0 fully saturated rings. The SMILES string of the molecule is N=C1C=Cc2c(cccc2S(=O)(=O)Oc2cc(C(=O)c3ccccc3)cc(OS(=O)(=O)c3cccc4c3C=CC(=N)C4=O)c2OS(=O)(=O)c2cccc3c2C=CC(=N)C3=O)C1=O. The van der Waals surface area contributed by atoms with Gasteiger partial charge in [-0.2, -0.15) is 25.3 Å². The number of hydrogen-bond acceptors (Lipinski definition) is 16. The van der Waals surface area contributed by atoms with Gasteiger partial charge in [-0.05, 0) is 48.6 Å². The molecule has 3 N–H and O–H groups in total. The first-order valence-corrected chi connectivity index (χ1v) is 22.0. The molecule has 0 saturated heterocycles. The maximum absolute atomic E-state index is 14.4. The van der Waals surface area contributed by atoms with E-state index < -0.39 is 108 Å². The van der Waals surface area contributed by atoms with Crippen molar-refractivity contribution >= 4 is 88.9 Å². The van der Waals surface area contributed by atoms with Crippen molar-refractivity contribution in [3.8, 4) is 17.2 Å². The fourth-order valence-corrected chi connectivity index (χ4v) is 10.2. The summed E-state index contributed by atoms with van der Waals surface area (Å²) in [5, 5.41) is 23.7. The number of hydrogen-bond donors (Lipinski definition) is 3. The third kappa shape index (κ3) is 7.18. The van der Waals surface area contributed by atoms with Gasteiger partial charge in [0.05, 0.1) is 0 Å². The Morgan fingerprint density at radius 3 is 1.15 bits per heavy atom. The minimum atomic E-state index is -5.29. The van der Waals surface area contributed by atoms with Gasteiger partial charge in [0.15, 0.2) is 17.3 Å². The zero-order valence-corrected chi connectivity index (χ0v) is 33.7. The van der Waals surface area contributed by atoms with E-state index in [1.807, 2.05) is 0 Å². The van der Waals surface area contributed by atoms with Crippen molar-refractivity contribution in [1.29, 1.82) is 16.2 Å². The van der Waals surface area contributed by atoms with Gasteiger partial charge in [-0.15, -0.1) is 0 Å². The average molecular weight is 888 g/mol. The largest absolute Gasteiger partial charge is 0.375 e. The summed E-state index contributed by atoms with van der Waals surface area (Å²) in [7, 11) is -15.7. The quantitative estimate of drug-likeness (QED) is 0.103. The van der Waals surface area contributed by atoms with Crippen molar-refractivity contribution in [3.63, 3.8) is 0 Å². The van der Waals surface area contributed by atoms with Crippen LogP contribution in [0.5, 0.6) is 17.2 Å². The minimum absolute atomic E-state index is 0.000734. The molecule has 0 saturated carbocycles. The summed E-state index contributed by atoms with van der Waals surface area (Å²) in [6.45, 7) is 0. The standard InChI is InChI=1S/C43H25N3O13S3/c44-31-18-15-25-28(40(31)48)9-4-12-36(25)60(51,52)57-34-21-24(39(47)23-7-2-1-3-8-23)22-35(58-61(53,54)37-13-5-10-29-26(37)16-19-32(45)41(29)49)43(34)59-62(55,56)38-14-6-11-30-27(38)17-20-33(46)42(30)50/h1-22,44-46H. The van der Waals surface area contributed by atoms with Crippen LogP contribution < -0.4 is 12.5 Å². The van der Waals surface area contributed by atoms with Crippen LogP contribution in [-0.2, 0) is 30.4 Å². The number of rotatable bonds is 11. The highest BCUT2D eigenvalue weighted by atomic mass is 32.2. The first-order valence-electron chi connectivity index (χ1n) is 17.8. The molecular formula is C43H25N3O13S3. The molecule has 5 aromatic carbocycles. The van der Waals surface area contributed by atoms with Crippen molar-refractivity contribution < 1.29 is 57.0 Å². The number of nitrogens with one attached hydrogen (secondary N) is 3. The molecule has 0 aromatic heterocycles. The highest BCUT2D eigenvalue weighted by molar-refractivity contribution is 7.88. The van der Waals surface area contributed by atoms with Crippen LogP contribution in [0.3, 0.4) is 0 Å². The number of carbonyl (C=O) groups excluding carboxylic acids is 4. The molecule has 5 aromatic rings. The molecule has 3 aliphatic rings. The van der Waals surface area contributed by atoms with Crippen molar-refractivity contribution in [1.82, 2.24) is 0 Å². The number of ketones is 4. The van der Waals surface area contributed by atoms with Gasteiger partial charge in [-0.1, -0.05) is 85.0 Å². The lowest BCUT2D eigenvalue weighted by molar-refractivity contribution is 0.103. The van der Waals surface area contributed by atoms with Gasteiger partial charge < -0.3 is 12.5 Å². The lowest BCUT2D eigenvalue weighted by atomic mass is 9.95. The molecule has 0 radical (unpaired) electrons. The zero-order chi connectivity index (χ0) is 44.3. The number of benzene rings is 5. The highest BCUT2D eigenvalue weighted by Gasteiger charge is 2.36. The Bertz CT molecular complexity index is 3250. The fraction of sp³-hybridized carbons (Fsp3) is 0. The lowest BCUT2D eigenvalue weighted by Crippen LogP contribution is -2.22. The predicted molar refractivity (Wildman–Crippen MR) is 222 cm³/mol. The van der Waals surface area contributed by atoms with E-state index in [-0.39, 0.29) is 38.9 Å². The zero-order valence-electron chi connectivity index (χ0n) is 31.2. The van der Waals surface area contributed by atoms with Gasteiger partial charge >= 0.3 is 30.4 Å². The molecule has 0 atom stereocenters. The van der Waals surface area contributed by atoms with E-state index in [9.17, 15) is 44.4 Å². The molecule has 3 aliphatic carbocycles. The monoisotopic (exact) mass is 887 g/mol. The van der Waals surface area contributed by atoms with Gasteiger partial charge in [0.25, 0.3) is 0 Å². The van der Waals surface area contributed by atoms with E-state index in [1.165, 1.54) is 72.8 Å². The summed E-state index contributed by atoms with van der Waals surface area (Å²) in [6, 6.07) is 19.3. The summed E-state index contributed by atoms with van der Waals surface area (Å²) in [5.41, 5.74) is -3.09. The molecule has 16 nitrogen and oxygen atoms in total. The average Bonchev–Trinajstić information content (AvgIpc) is 3.25. The van der Waals surface area contributed by atoms with Crippen LogP contribution in [0.2, 0.25) is 0 Å². The summed E-state index contributed by atoms with van der Waals surface area (Å²) in [4.78, 5) is 50.5. The van der Waals surface area contributed by atoms with E-state index in [4.69, 9.17) is 28.8 Å². The Labute approximate surface area is 352 Å². The van der Waals surface area contributed by atoms with Crippen molar-refractivity contribution in [2.24, 2.45) is 0 Å². The van der Waals surface area contributed by atoms with Gasteiger partial charge in [0.2, 0.25) is 23.1 Å². The number of fused-ring (bicyclic) bond motifs is 3. The first kappa shape index (κ1) is 41.0. The Balaban J connectivity index is 1.36. The van der Waals surface area contributed by atoms with E-state index in [2.05, 4.69) is 0 Å². The van der Waals surface area contributed by atoms with Gasteiger partial charge in [0, 0.05) is 44.5 Å². The summed E-state index contributed by atoms with van der Waals surface area (Å²) < 4.78 is 103. The van der Waals surface area contributed by atoms with Crippen LogP contribution in [-0.4, -0.2) is 65.5 Å². The van der Waals surface area contributed by atoms with Crippen molar-refractivity contribution in [2.45, 2.75) is 14.7 Å². The van der Waals surface area contributed by atoms with E-state index in [0.717, 1.165) is 54.6 Å². The molecule has 0 spiro atoms. The molecule has 308 valence electrons. The maximum atomic E-state index is 14.4. The lowest BCUT2D eigenvalue weighted by Gasteiger charge is -2.20. The van der Waals surface area contributed by atoms with Crippen LogP contribution in [0, 0.1) is 16.2 Å². The van der Waals surface area contributed by atoms with Gasteiger partial charge in [0.1, 0.15) is 31.8 Å². The predicted octanol–water partition coefficient (Wildman–Crippen LogP) is 5.91. The topological polar surface area (TPSA) is 270 Å². The van der Waals surface area contributed by atoms with Crippen LogP contribution in [0.4, 0.5) is 0 Å². The van der Waals surface area contributed by atoms with Crippen LogP contribution >= 0.6 is 0 Å². The van der Waals surface area contributed by atoms with Gasteiger partial charge in [-0.25, -0.2) is 0 Å². The summed E-state index contributed by atoms with van der Waals surface area (Å²) in [5.74, 6) is -6.78. The molecule has 0 unspecified atom stereocenters. The van der Waals surface area contributed by atoms with E-state index >= 15 is 0 Å². The molecule has 0 heterocycles. The Morgan fingerprint density at radius 2 is 0.774 bits per heavy atom. The Kier molecular flexibility index (Phi) is 9.97. The molecule has 62 heavy (non-hydrogen) atoms. The van der Waals surface area contributed by atoms with Crippen LogP contribution in [0.1, 0.15) is 63.7 Å².